The van der Waals surface area contributed by atoms with E-state index >= 15 is 0 Å². The molecule has 0 saturated carbocycles. The number of carbonyl (C=O) groups is 2. The van der Waals surface area contributed by atoms with E-state index in [-0.39, 0.29) is 12.2 Å². The molecule has 128 valence electrons. The molecule has 0 atom stereocenters. The predicted molar refractivity (Wildman–Crippen MR) is 82.6 cm³/mol. The number of carbonyl (C=O) groups excluding carboxylic acids is 1. The Bertz CT molecular complexity index is 794. The van der Waals surface area contributed by atoms with Gasteiger partial charge in [0.25, 0.3) is 0 Å². The van der Waals surface area contributed by atoms with Crippen LogP contribution in [-0.4, -0.2) is 43.0 Å². The third-order valence-electron chi connectivity index (χ3n) is 3.90. The molecule has 10 heteroatoms. The number of hydrogen-bond acceptors (Lipinski definition) is 5. The summed E-state index contributed by atoms with van der Waals surface area (Å²) in [6, 6.07) is -0.425. The number of nitrogens with zero attached hydrogens (tertiary/aromatic N) is 4. The van der Waals surface area contributed by atoms with Crippen LogP contribution in [0.5, 0.6) is 0 Å². The van der Waals surface area contributed by atoms with E-state index in [1.165, 1.54) is 10.8 Å². The van der Waals surface area contributed by atoms with Gasteiger partial charge in [-0.15, -0.1) is 0 Å². The molecule has 0 unspecified atom stereocenters. The summed E-state index contributed by atoms with van der Waals surface area (Å²) >= 11 is 0. The zero-order chi connectivity index (χ0) is 17.3. The standard InChI is InChI=1S/C14H18N6O4/c1-19-10(13(21)22)5-15-11(19)6-16-14(23)17-12-8-7-24-4-3-9(8)18-20(12)2/h5H,3-4,6-7H2,1-2H3,(H,21,22)(H2,16,17,23). The number of amides is 2. The smallest absolute Gasteiger partial charge is 0.354 e. The molecule has 3 N–H and O–H groups in total. The molecule has 0 spiro atoms. The second-order valence-corrected chi connectivity index (χ2v) is 5.43. The number of aromatic nitrogens is 4. The zero-order valence-corrected chi connectivity index (χ0v) is 13.4. The first-order chi connectivity index (χ1) is 11.5. The second-order valence-electron chi connectivity index (χ2n) is 5.43. The van der Waals surface area contributed by atoms with E-state index < -0.39 is 12.0 Å². The molecule has 1 aliphatic rings. The number of aryl methyl sites for hydroxylation is 1. The van der Waals surface area contributed by atoms with E-state index in [0.717, 1.165) is 17.7 Å². The Morgan fingerprint density at radius 1 is 1.42 bits per heavy atom. The van der Waals surface area contributed by atoms with Crippen LogP contribution in [0.4, 0.5) is 10.6 Å². The fourth-order valence-corrected chi connectivity index (χ4v) is 2.60. The van der Waals surface area contributed by atoms with Gasteiger partial charge < -0.3 is 19.7 Å². The maximum Gasteiger partial charge on any atom is 0.354 e. The van der Waals surface area contributed by atoms with Crippen molar-refractivity contribution < 1.29 is 19.4 Å². The first-order valence-electron chi connectivity index (χ1n) is 7.38. The Balaban J connectivity index is 1.65. The topological polar surface area (TPSA) is 123 Å². The van der Waals surface area contributed by atoms with Gasteiger partial charge in [-0.1, -0.05) is 0 Å². The normalized spacial score (nSPS) is 13.4. The molecule has 3 rings (SSSR count). The summed E-state index contributed by atoms with van der Waals surface area (Å²) in [5, 5.41) is 18.8. The average molecular weight is 334 g/mol. The Kier molecular flexibility index (Phi) is 4.21. The highest BCUT2D eigenvalue weighted by Crippen LogP contribution is 2.23. The number of carboxylic acids is 1. The van der Waals surface area contributed by atoms with E-state index in [0.29, 0.717) is 24.9 Å². The number of imidazole rings is 1. The van der Waals surface area contributed by atoms with Crippen molar-refractivity contribution in [1.29, 1.82) is 0 Å². The largest absolute Gasteiger partial charge is 0.477 e. The summed E-state index contributed by atoms with van der Waals surface area (Å²) in [5.41, 5.74) is 1.86. The first kappa shape index (κ1) is 16.0. The van der Waals surface area contributed by atoms with Crippen LogP contribution in [0.2, 0.25) is 0 Å². The third-order valence-corrected chi connectivity index (χ3v) is 3.90. The summed E-state index contributed by atoms with van der Waals surface area (Å²) in [4.78, 5) is 27.1. The quantitative estimate of drug-likeness (QED) is 0.736. The molecule has 0 fully saturated rings. The number of ether oxygens (including phenoxy) is 1. The van der Waals surface area contributed by atoms with Gasteiger partial charge in [-0.05, 0) is 0 Å². The van der Waals surface area contributed by atoms with Crippen LogP contribution in [0.15, 0.2) is 6.20 Å². The van der Waals surface area contributed by atoms with Crippen LogP contribution in [-0.2, 0) is 38.4 Å². The highest BCUT2D eigenvalue weighted by atomic mass is 16.5. The van der Waals surface area contributed by atoms with Gasteiger partial charge in [-0.3, -0.25) is 10.00 Å². The van der Waals surface area contributed by atoms with Crippen molar-refractivity contribution in [2.45, 2.75) is 19.6 Å². The van der Waals surface area contributed by atoms with Crippen molar-refractivity contribution in [1.82, 2.24) is 24.6 Å². The first-order valence-corrected chi connectivity index (χ1v) is 7.38. The number of rotatable bonds is 4. The van der Waals surface area contributed by atoms with Crippen LogP contribution < -0.4 is 10.6 Å². The van der Waals surface area contributed by atoms with Crippen LogP contribution in [0.1, 0.15) is 27.6 Å². The van der Waals surface area contributed by atoms with E-state index in [4.69, 9.17) is 9.84 Å². The van der Waals surface area contributed by atoms with Crippen molar-refractivity contribution in [3.8, 4) is 0 Å². The summed E-state index contributed by atoms with van der Waals surface area (Å²) < 4.78 is 8.44. The van der Waals surface area contributed by atoms with Gasteiger partial charge in [0, 0.05) is 26.1 Å². The molecule has 1 aliphatic heterocycles. The number of carboxylic acid groups (broad SMARTS) is 1. The van der Waals surface area contributed by atoms with Crippen LogP contribution in [0.25, 0.3) is 0 Å². The number of urea groups is 1. The van der Waals surface area contributed by atoms with Crippen molar-refractivity contribution >= 4 is 17.8 Å². The Morgan fingerprint density at radius 2 is 2.21 bits per heavy atom. The Morgan fingerprint density at radius 3 is 2.92 bits per heavy atom. The van der Waals surface area contributed by atoms with Gasteiger partial charge in [0.15, 0.2) is 0 Å². The number of aromatic carboxylic acids is 1. The minimum atomic E-state index is -1.07. The van der Waals surface area contributed by atoms with E-state index in [9.17, 15) is 9.59 Å². The highest BCUT2D eigenvalue weighted by molar-refractivity contribution is 5.89. The Labute approximate surface area is 137 Å². The lowest BCUT2D eigenvalue weighted by Crippen LogP contribution is -2.30. The van der Waals surface area contributed by atoms with Gasteiger partial charge in [0.05, 0.1) is 31.6 Å². The van der Waals surface area contributed by atoms with Gasteiger partial charge in [-0.2, -0.15) is 5.10 Å². The van der Waals surface area contributed by atoms with Crippen molar-refractivity contribution in [3.63, 3.8) is 0 Å². The zero-order valence-electron chi connectivity index (χ0n) is 13.4. The maximum atomic E-state index is 12.1. The lowest BCUT2D eigenvalue weighted by molar-refractivity contribution is 0.0686. The molecule has 2 amide bonds. The van der Waals surface area contributed by atoms with Gasteiger partial charge in [0.1, 0.15) is 17.3 Å². The maximum absolute atomic E-state index is 12.1. The van der Waals surface area contributed by atoms with Crippen molar-refractivity contribution in [2.75, 3.05) is 11.9 Å². The van der Waals surface area contributed by atoms with Crippen LogP contribution in [0, 0.1) is 0 Å². The minimum Gasteiger partial charge on any atom is -0.477 e. The minimum absolute atomic E-state index is 0.0602. The van der Waals surface area contributed by atoms with Crippen molar-refractivity contribution in [2.24, 2.45) is 14.1 Å². The van der Waals surface area contributed by atoms with E-state index in [1.807, 2.05) is 0 Å². The summed E-state index contributed by atoms with van der Waals surface area (Å²) in [7, 11) is 3.34. The molecular weight excluding hydrogens is 316 g/mol. The molecule has 0 aromatic carbocycles. The molecule has 2 aromatic rings. The lowest BCUT2D eigenvalue weighted by atomic mass is 10.1. The van der Waals surface area contributed by atoms with Crippen LogP contribution >= 0.6 is 0 Å². The molecule has 0 bridgehead atoms. The van der Waals surface area contributed by atoms with Crippen molar-refractivity contribution in [3.05, 3.63) is 29.0 Å². The number of anilines is 1. The molecule has 0 radical (unpaired) electrons. The second kappa shape index (κ2) is 6.32. The molecule has 2 aromatic heterocycles. The molecule has 0 aliphatic carbocycles. The lowest BCUT2D eigenvalue weighted by Gasteiger charge is -2.13. The fourth-order valence-electron chi connectivity index (χ4n) is 2.60. The summed E-state index contributed by atoms with van der Waals surface area (Å²) in [6.07, 6.45) is 1.98. The SMILES string of the molecule is Cn1nc2c(c1NC(=O)NCc1ncc(C(=O)O)n1C)COCC2. The molecule has 24 heavy (non-hydrogen) atoms. The fraction of sp³-hybridized carbons (Fsp3) is 0.429. The summed E-state index contributed by atoms with van der Waals surface area (Å²) in [5.74, 6) is -0.0339. The average Bonchev–Trinajstić information content (AvgIpc) is 3.06. The highest BCUT2D eigenvalue weighted by Gasteiger charge is 2.21. The number of nitrogens with one attached hydrogen (secondary N) is 2. The van der Waals surface area contributed by atoms with Gasteiger partial charge in [-0.25, -0.2) is 14.6 Å². The molecule has 3 heterocycles. The Hall–Kier alpha value is -2.88. The molecule has 0 saturated heterocycles. The number of hydrogen-bond donors (Lipinski definition) is 3. The monoisotopic (exact) mass is 334 g/mol. The van der Waals surface area contributed by atoms with Gasteiger partial charge >= 0.3 is 12.0 Å². The van der Waals surface area contributed by atoms with Crippen LogP contribution in [0.3, 0.4) is 0 Å². The number of fused-ring (bicyclic) bond motifs is 1. The van der Waals surface area contributed by atoms with E-state index in [2.05, 4.69) is 20.7 Å². The molecule has 10 nitrogen and oxygen atoms in total. The molecular formula is C14H18N6O4. The third kappa shape index (κ3) is 2.95. The summed E-state index contributed by atoms with van der Waals surface area (Å²) in [6.45, 7) is 1.15. The van der Waals surface area contributed by atoms with E-state index in [1.54, 1.807) is 18.8 Å². The van der Waals surface area contributed by atoms with Gasteiger partial charge in [0.2, 0.25) is 0 Å². The predicted octanol–water partition coefficient (Wildman–Crippen LogP) is 0.246.